The van der Waals surface area contributed by atoms with Crippen LogP contribution in [0.3, 0.4) is 0 Å². The molecule has 0 heterocycles. The summed E-state index contributed by atoms with van der Waals surface area (Å²) in [6, 6.07) is -0.0916. The Kier molecular flexibility index (Phi) is 7.57. The number of hydroxylamine groups is 1. The molecule has 0 saturated heterocycles. The second kappa shape index (κ2) is 7.97. The summed E-state index contributed by atoms with van der Waals surface area (Å²) in [4.78, 5) is 15.8. The zero-order valence-electron chi connectivity index (χ0n) is 8.21. The van der Waals surface area contributed by atoms with Gasteiger partial charge >= 0.3 is 0 Å². The molecule has 5 heteroatoms. The van der Waals surface area contributed by atoms with Crippen LogP contribution in [0.15, 0.2) is 0 Å². The quantitative estimate of drug-likeness (QED) is 0.431. The third-order valence-electron chi connectivity index (χ3n) is 1.55. The van der Waals surface area contributed by atoms with Crippen LogP contribution in [0.1, 0.15) is 19.8 Å². The first-order chi connectivity index (χ1) is 6.20. The molecule has 0 saturated carbocycles. The average molecular weight is 190 g/mol. The van der Waals surface area contributed by atoms with Crippen LogP contribution in [-0.4, -0.2) is 32.3 Å². The van der Waals surface area contributed by atoms with Crippen molar-refractivity contribution in [3.8, 4) is 0 Å². The van der Waals surface area contributed by atoms with Gasteiger partial charge in [-0.2, -0.15) is 0 Å². The smallest absolute Gasteiger partial charge is 0.245 e. The maximum Gasteiger partial charge on any atom is 0.245 e. The molecule has 0 bridgehead atoms. The second-order valence-electron chi connectivity index (χ2n) is 2.74. The summed E-state index contributed by atoms with van der Waals surface area (Å²) in [6.45, 7) is 2.74. The van der Waals surface area contributed by atoms with Crippen LogP contribution in [0, 0.1) is 0 Å². The van der Waals surface area contributed by atoms with E-state index in [0.717, 1.165) is 6.42 Å². The lowest BCUT2D eigenvalue weighted by molar-refractivity contribution is -0.134. The summed E-state index contributed by atoms with van der Waals surface area (Å²) in [6.07, 6.45) is 1.08. The molecule has 0 radical (unpaired) electrons. The van der Waals surface area contributed by atoms with Crippen LogP contribution in [0.2, 0.25) is 0 Å². The molecule has 0 aliphatic rings. The van der Waals surface area contributed by atoms with Crippen LogP contribution < -0.4 is 11.2 Å². The molecular weight excluding hydrogens is 172 g/mol. The van der Waals surface area contributed by atoms with Gasteiger partial charge in [0.05, 0.1) is 13.2 Å². The van der Waals surface area contributed by atoms with Crippen molar-refractivity contribution in [2.45, 2.75) is 25.8 Å². The largest absolute Gasteiger partial charge is 0.382 e. The highest BCUT2D eigenvalue weighted by molar-refractivity contribution is 5.75. The molecule has 1 unspecified atom stereocenters. The zero-order chi connectivity index (χ0) is 10.1. The highest BCUT2D eigenvalue weighted by Gasteiger charge is 2.06. The Hall–Kier alpha value is -0.650. The van der Waals surface area contributed by atoms with Gasteiger partial charge in [-0.1, -0.05) is 6.92 Å². The topological polar surface area (TPSA) is 73.6 Å². The second-order valence-corrected chi connectivity index (χ2v) is 2.74. The molecule has 3 N–H and O–H groups in total. The summed E-state index contributed by atoms with van der Waals surface area (Å²) in [5, 5.41) is 0. The van der Waals surface area contributed by atoms with E-state index in [-0.39, 0.29) is 11.9 Å². The van der Waals surface area contributed by atoms with Crippen molar-refractivity contribution in [3.05, 3.63) is 0 Å². The van der Waals surface area contributed by atoms with Gasteiger partial charge in [-0.3, -0.25) is 9.63 Å². The Labute approximate surface area is 78.5 Å². The molecule has 0 aromatic carbocycles. The molecule has 78 valence electrons. The number of rotatable bonds is 7. The van der Waals surface area contributed by atoms with E-state index in [1.165, 1.54) is 0 Å². The van der Waals surface area contributed by atoms with E-state index in [1.54, 1.807) is 7.11 Å². The highest BCUT2D eigenvalue weighted by Crippen LogP contribution is 1.92. The van der Waals surface area contributed by atoms with Gasteiger partial charge in [-0.05, 0) is 6.42 Å². The van der Waals surface area contributed by atoms with E-state index in [9.17, 15) is 4.79 Å². The van der Waals surface area contributed by atoms with Gasteiger partial charge in [0.15, 0.2) is 0 Å². The normalized spacial score (nSPS) is 12.5. The van der Waals surface area contributed by atoms with Crippen molar-refractivity contribution in [2.75, 3.05) is 20.3 Å². The first kappa shape index (κ1) is 12.3. The van der Waals surface area contributed by atoms with E-state index in [0.29, 0.717) is 19.6 Å². The zero-order valence-corrected chi connectivity index (χ0v) is 8.21. The summed E-state index contributed by atoms with van der Waals surface area (Å²) >= 11 is 0. The number of hydrogen-bond donors (Lipinski definition) is 2. The van der Waals surface area contributed by atoms with Crippen LogP contribution in [-0.2, 0) is 14.4 Å². The van der Waals surface area contributed by atoms with Crippen molar-refractivity contribution >= 4 is 5.91 Å². The van der Waals surface area contributed by atoms with E-state index < -0.39 is 0 Å². The number of nitrogens with two attached hydrogens (primary N) is 1. The summed E-state index contributed by atoms with van der Waals surface area (Å²) in [5.74, 6) is -0.189. The van der Waals surface area contributed by atoms with E-state index in [2.05, 4.69) is 5.48 Å². The number of methoxy groups -OCH3 is 1. The minimum Gasteiger partial charge on any atom is -0.382 e. The molecule has 1 atom stereocenters. The first-order valence-corrected chi connectivity index (χ1v) is 4.35. The summed E-state index contributed by atoms with van der Waals surface area (Å²) in [5.41, 5.74) is 7.85. The molecule has 0 aliphatic carbocycles. The number of amides is 1. The molecule has 0 aliphatic heterocycles. The van der Waals surface area contributed by atoms with Gasteiger partial charge in [0, 0.05) is 19.6 Å². The van der Waals surface area contributed by atoms with E-state index >= 15 is 0 Å². The Morgan fingerprint density at radius 2 is 2.23 bits per heavy atom. The van der Waals surface area contributed by atoms with Gasteiger partial charge in [0.25, 0.3) is 0 Å². The molecule has 0 fully saturated rings. The van der Waals surface area contributed by atoms with E-state index in [1.807, 2.05) is 6.92 Å². The molecular formula is C8H18N2O3. The molecule has 0 aromatic heterocycles. The Bertz CT molecular complexity index is 141. The Morgan fingerprint density at radius 3 is 2.77 bits per heavy atom. The van der Waals surface area contributed by atoms with Crippen LogP contribution >= 0.6 is 0 Å². The highest BCUT2D eigenvalue weighted by atomic mass is 16.7. The van der Waals surface area contributed by atoms with Crippen molar-refractivity contribution in [2.24, 2.45) is 5.73 Å². The van der Waals surface area contributed by atoms with E-state index in [4.69, 9.17) is 15.3 Å². The number of ether oxygens (including phenoxy) is 1. The first-order valence-electron chi connectivity index (χ1n) is 4.35. The SMILES string of the molecule is CCC(N)CC(=O)NOCCOC. The third kappa shape index (κ3) is 7.70. The van der Waals surface area contributed by atoms with Gasteiger partial charge in [0.2, 0.25) is 5.91 Å². The fourth-order valence-corrected chi connectivity index (χ4v) is 0.681. The Balaban J connectivity index is 3.30. The minimum atomic E-state index is -0.189. The molecule has 1 amide bonds. The third-order valence-corrected chi connectivity index (χ3v) is 1.55. The van der Waals surface area contributed by atoms with Crippen molar-refractivity contribution in [1.82, 2.24) is 5.48 Å². The maximum atomic E-state index is 11.0. The fraction of sp³-hybridized carbons (Fsp3) is 0.875. The van der Waals surface area contributed by atoms with Crippen molar-refractivity contribution < 1.29 is 14.4 Å². The van der Waals surface area contributed by atoms with Gasteiger partial charge in [0.1, 0.15) is 0 Å². The monoisotopic (exact) mass is 190 g/mol. The van der Waals surface area contributed by atoms with Gasteiger partial charge in [-0.15, -0.1) is 0 Å². The van der Waals surface area contributed by atoms with Gasteiger partial charge in [-0.25, -0.2) is 5.48 Å². The standard InChI is InChI=1S/C8H18N2O3/c1-3-7(9)6-8(11)10-13-5-4-12-2/h7H,3-6,9H2,1-2H3,(H,10,11). The molecule has 0 aromatic rings. The average Bonchev–Trinajstić information content (AvgIpc) is 2.12. The fourth-order valence-electron chi connectivity index (χ4n) is 0.681. The van der Waals surface area contributed by atoms with Crippen molar-refractivity contribution in [3.63, 3.8) is 0 Å². The predicted molar refractivity (Wildman–Crippen MR) is 48.9 cm³/mol. The predicted octanol–water partition coefficient (Wildman–Crippen LogP) is -0.192. The van der Waals surface area contributed by atoms with Gasteiger partial charge < -0.3 is 10.5 Å². The number of carbonyl (C=O) groups excluding carboxylic acids is 1. The molecule has 0 spiro atoms. The lowest BCUT2D eigenvalue weighted by Gasteiger charge is -2.08. The summed E-state index contributed by atoms with van der Waals surface area (Å²) in [7, 11) is 1.57. The Morgan fingerprint density at radius 1 is 1.54 bits per heavy atom. The molecule has 5 nitrogen and oxygen atoms in total. The molecule has 0 rings (SSSR count). The lowest BCUT2D eigenvalue weighted by Crippen LogP contribution is -2.32. The van der Waals surface area contributed by atoms with Crippen LogP contribution in [0.25, 0.3) is 0 Å². The number of hydrogen-bond acceptors (Lipinski definition) is 4. The number of carbonyl (C=O) groups is 1. The maximum absolute atomic E-state index is 11.0. The van der Waals surface area contributed by atoms with Crippen molar-refractivity contribution in [1.29, 1.82) is 0 Å². The van der Waals surface area contributed by atoms with Crippen LogP contribution in [0.5, 0.6) is 0 Å². The lowest BCUT2D eigenvalue weighted by atomic mass is 10.2. The van der Waals surface area contributed by atoms with Crippen LogP contribution in [0.4, 0.5) is 0 Å². The molecule has 13 heavy (non-hydrogen) atoms. The summed E-state index contributed by atoms with van der Waals surface area (Å²) < 4.78 is 4.72. The number of nitrogens with one attached hydrogen (secondary N) is 1. The minimum absolute atomic E-state index is 0.0916.